The molecule has 0 bridgehead atoms. The molecule has 2 aromatic rings. The third kappa shape index (κ3) is 3.50. The van der Waals surface area contributed by atoms with Crippen molar-refractivity contribution in [3.05, 3.63) is 53.1 Å². The van der Waals surface area contributed by atoms with Crippen LogP contribution in [0.15, 0.2) is 42.5 Å². The Hall–Kier alpha value is -2.57. The molecule has 0 spiro atoms. The van der Waals surface area contributed by atoms with E-state index < -0.39 is 0 Å². The van der Waals surface area contributed by atoms with Crippen molar-refractivity contribution in [1.82, 2.24) is 0 Å². The van der Waals surface area contributed by atoms with Crippen molar-refractivity contribution in [3.8, 4) is 0 Å². The Morgan fingerprint density at radius 1 is 1.21 bits per heavy atom. The summed E-state index contributed by atoms with van der Waals surface area (Å²) in [5.74, 6) is -0.424. The molecule has 0 aromatic heterocycles. The number of anilines is 3. The predicted octanol–water partition coefficient (Wildman–Crippen LogP) is 2.54. The highest BCUT2D eigenvalue weighted by atomic mass is 35.5. The fourth-order valence-corrected chi connectivity index (χ4v) is 2.63. The molecule has 7 heteroatoms. The maximum absolute atomic E-state index is 12.3. The molecule has 1 saturated heterocycles. The number of halogens is 1. The van der Waals surface area contributed by atoms with E-state index in [1.807, 2.05) is 0 Å². The summed E-state index contributed by atoms with van der Waals surface area (Å²) >= 11 is 6.03. The number of ether oxygens (including phenoxy) is 1. The van der Waals surface area contributed by atoms with E-state index in [0.717, 1.165) is 5.69 Å². The molecule has 2 aromatic carbocycles. The van der Waals surface area contributed by atoms with Crippen LogP contribution in [0.25, 0.3) is 0 Å². The number of nitrogens with zero attached hydrogens (tertiary/aromatic N) is 1. The van der Waals surface area contributed by atoms with Crippen LogP contribution in [0, 0.1) is 0 Å². The summed E-state index contributed by atoms with van der Waals surface area (Å²) in [6, 6.07) is 11.8. The third-order valence-corrected chi connectivity index (χ3v) is 3.99. The van der Waals surface area contributed by atoms with E-state index in [1.54, 1.807) is 41.3 Å². The SMILES string of the molecule is Nc1ccc(Cl)c(C(=O)Nc2ccc(N3CCOCC3=O)cc2)c1. The van der Waals surface area contributed by atoms with Crippen molar-refractivity contribution in [2.24, 2.45) is 0 Å². The van der Waals surface area contributed by atoms with Crippen molar-refractivity contribution in [2.75, 3.05) is 35.7 Å². The molecule has 0 radical (unpaired) electrons. The molecule has 0 unspecified atom stereocenters. The molecular weight excluding hydrogens is 330 g/mol. The number of hydrogen-bond donors (Lipinski definition) is 2. The first-order valence-corrected chi connectivity index (χ1v) is 7.77. The number of benzene rings is 2. The van der Waals surface area contributed by atoms with Gasteiger partial charge in [0.15, 0.2) is 0 Å². The number of nitrogens with one attached hydrogen (secondary N) is 1. The molecular formula is C17H16ClN3O3. The van der Waals surface area contributed by atoms with E-state index in [0.29, 0.717) is 35.1 Å². The van der Waals surface area contributed by atoms with Crippen molar-refractivity contribution < 1.29 is 14.3 Å². The zero-order valence-electron chi connectivity index (χ0n) is 12.8. The van der Waals surface area contributed by atoms with Gasteiger partial charge in [-0.25, -0.2) is 0 Å². The van der Waals surface area contributed by atoms with E-state index in [2.05, 4.69) is 5.32 Å². The van der Waals surface area contributed by atoms with Gasteiger partial charge in [-0.1, -0.05) is 11.6 Å². The molecule has 0 saturated carbocycles. The molecule has 3 rings (SSSR count). The molecule has 124 valence electrons. The molecule has 1 fully saturated rings. The topological polar surface area (TPSA) is 84.7 Å². The Kier molecular flexibility index (Phi) is 4.69. The van der Waals surface area contributed by atoms with Gasteiger partial charge in [-0.05, 0) is 42.5 Å². The summed E-state index contributed by atoms with van der Waals surface area (Å²) in [5.41, 5.74) is 7.83. The summed E-state index contributed by atoms with van der Waals surface area (Å²) in [4.78, 5) is 25.8. The first kappa shape index (κ1) is 16.3. The van der Waals surface area contributed by atoms with E-state index in [1.165, 1.54) is 6.07 Å². The number of carbonyl (C=O) groups excluding carboxylic acids is 2. The number of carbonyl (C=O) groups is 2. The Morgan fingerprint density at radius 2 is 1.96 bits per heavy atom. The summed E-state index contributed by atoms with van der Waals surface area (Å²) in [7, 11) is 0. The molecule has 2 amide bonds. The minimum Gasteiger partial charge on any atom is -0.399 e. The van der Waals surface area contributed by atoms with Crippen LogP contribution in [-0.4, -0.2) is 31.6 Å². The average molecular weight is 346 g/mol. The van der Waals surface area contributed by atoms with E-state index in [-0.39, 0.29) is 18.4 Å². The van der Waals surface area contributed by atoms with Crippen LogP contribution in [0.2, 0.25) is 5.02 Å². The van der Waals surface area contributed by atoms with Crippen LogP contribution in [0.5, 0.6) is 0 Å². The van der Waals surface area contributed by atoms with Crippen molar-refractivity contribution in [3.63, 3.8) is 0 Å². The van der Waals surface area contributed by atoms with Gasteiger partial charge < -0.3 is 20.7 Å². The lowest BCUT2D eigenvalue weighted by atomic mass is 10.1. The lowest BCUT2D eigenvalue weighted by molar-refractivity contribution is -0.125. The number of hydrogen-bond acceptors (Lipinski definition) is 4. The molecule has 3 N–H and O–H groups in total. The molecule has 24 heavy (non-hydrogen) atoms. The number of nitrogen functional groups attached to an aromatic ring is 1. The Balaban J connectivity index is 1.73. The zero-order valence-corrected chi connectivity index (χ0v) is 13.5. The number of amides is 2. The summed E-state index contributed by atoms with van der Waals surface area (Å²) in [6.07, 6.45) is 0. The van der Waals surface area contributed by atoms with Gasteiger partial charge in [0.2, 0.25) is 0 Å². The molecule has 1 heterocycles. The first-order valence-electron chi connectivity index (χ1n) is 7.39. The van der Waals surface area contributed by atoms with Crippen molar-refractivity contribution in [2.45, 2.75) is 0 Å². The molecule has 0 atom stereocenters. The highest BCUT2D eigenvalue weighted by Crippen LogP contribution is 2.22. The fraction of sp³-hybridized carbons (Fsp3) is 0.176. The lowest BCUT2D eigenvalue weighted by Crippen LogP contribution is -2.41. The van der Waals surface area contributed by atoms with Crippen LogP contribution < -0.4 is 16.0 Å². The molecule has 1 aliphatic heterocycles. The highest BCUT2D eigenvalue weighted by molar-refractivity contribution is 6.34. The second-order valence-electron chi connectivity index (χ2n) is 5.34. The van der Waals surface area contributed by atoms with Crippen LogP contribution in [-0.2, 0) is 9.53 Å². The largest absolute Gasteiger partial charge is 0.399 e. The fourth-order valence-electron chi connectivity index (χ4n) is 2.43. The van der Waals surface area contributed by atoms with Crippen LogP contribution in [0.1, 0.15) is 10.4 Å². The van der Waals surface area contributed by atoms with Gasteiger partial charge in [0.25, 0.3) is 11.8 Å². The highest BCUT2D eigenvalue weighted by Gasteiger charge is 2.20. The van der Waals surface area contributed by atoms with Crippen molar-refractivity contribution in [1.29, 1.82) is 0 Å². The summed E-state index contributed by atoms with van der Waals surface area (Å²) in [5, 5.41) is 3.09. The molecule has 0 aliphatic carbocycles. The standard InChI is InChI=1S/C17H16ClN3O3/c18-15-6-1-11(19)9-14(15)17(23)20-12-2-4-13(5-3-12)21-7-8-24-10-16(21)22/h1-6,9H,7-8,10,19H2,(H,20,23). The van der Waals surface area contributed by atoms with Gasteiger partial charge in [-0.3, -0.25) is 9.59 Å². The van der Waals surface area contributed by atoms with Gasteiger partial charge in [-0.15, -0.1) is 0 Å². The monoisotopic (exact) mass is 345 g/mol. The molecule has 1 aliphatic rings. The van der Waals surface area contributed by atoms with Crippen LogP contribution in [0.4, 0.5) is 17.1 Å². The quantitative estimate of drug-likeness (QED) is 0.837. The van der Waals surface area contributed by atoms with E-state index in [4.69, 9.17) is 22.1 Å². The minimum atomic E-state index is -0.345. The Morgan fingerprint density at radius 3 is 2.67 bits per heavy atom. The summed E-state index contributed by atoms with van der Waals surface area (Å²) < 4.78 is 5.11. The predicted molar refractivity (Wildman–Crippen MR) is 93.4 cm³/mol. The Labute approximate surface area is 144 Å². The normalized spacial score (nSPS) is 14.5. The number of morpholine rings is 1. The molecule has 6 nitrogen and oxygen atoms in total. The van der Waals surface area contributed by atoms with E-state index >= 15 is 0 Å². The smallest absolute Gasteiger partial charge is 0.257 e. The first-order chi connectivity index (χ1) is 11.5. The van der Waals surface area contributed by atoms with Crippen molar-refractivity contribution >= 4 is 40.5 Å². The van der Waals surface area contributed by atoms with E-state index in [9.17, 15) is 9.59 Å². The summed E-state index contributed by atoms with van der Waals surface area (Å²) in [6.45, 7) is 1.12. The Bertz CT molecular complexity index is 777. The van der Waals surface area contributed by atoms with Crippen LogP contribution in [0.3, 0.4) is 0 Å². The van der Waals surface area contributed by atoms with Gasteiger partial charge in [0, 0.05) is 23.6 Å². The maximum Gasteiger partial charge on any atom is 0.257 e. The maximum atomic E-state index is 12.3. The van der Waals surface area contributed by atoms with Gasteiger partial charge >= 0.3 is 0 Å². The number of nitrogens with two attached hydrogens (primary N) is 1. The minimum absolute atomic E-state index is 0.0791. The average Bonchev–Trinajstić information content (AvgIpc) is 2.58. The zero-order chi connectivity index (χ0) is 17.1. The third-order valence-electron chi connectivity index (χ3n) is 3.66. The lowest BCUT2D eigenvalue weighted by Gasteiger charge is -2.26. The second-order valence-corrected chi connectivity index (χ2v) is 5.75. The van der Waals surface area contributed by atoms with Gasteiger partial charge in [0.05, 0.1) is 17.2 Å². The van der Waals surface area contributed by atoms with Gasteiger partial charge in [0.1, 0.15) is 6.61 Å². The number of rotatable bonds is 3. The van der Waals surface area contributed by atoms with Crippen LogP contribution >= 0.6 is 11.6 Å². The second kappa shape index (κ2) is 6.90. The van der Waals surface area contributed by atoms with Gasteiger partial charge in [-0.2, -0.15) is 0 Å².